The number of nitrogens with zero attached hydrogens (tertiary/aromatic N) is 1. The van der Waals surface area contributed by atoms with Crippen molar-refractivity contribution in [3.63, 3.8) is 0 Å². The number of carbonyl (C=O) groups excluding carboxylic acids is 3. The Morgan fingerprint density at radius 2 is 0.815 bits per heavy atom. The van der Waals surface area contributed by atoms with E-state index in [4.69, 9.17) is 14.2 Å². The van der Waals surface area contributed by atoms with Crippen molar-refractivity contribution in [2.75, 3.05) is 41.0 Å². The lowest BCUT2D eigenvalue weighted by Gasteiger charge is -2.34. The van der Waals surface area contributed by atoms with Gasteiger partial charge in [0.15, 0.2) is 6.10 Å². The Hall–Kier alpha value is -2.71. The number of unbranched alkanes of at least 4 members (excludes halogenated alkanes) is 27. The van der Waals surface area contributed by atoms with Crippen LogP contribution in [0.25, 0.3) is 0 Å². The van der Waals surface area contributed by atoms with E-state index in [9.17, 15) is 19.5 Å². The first kappa shape index (κ1) is 62.3. The maximum atomic E-state index is 12.8. The lowest BCUT2D eigenvalue weighted by atomic mass is 10.0. The van der Waals surface area contributed by atoms with Gasteiger partial charge < -0.3 is 28.6 Å². The molecule has 0 aromatic carbocycles. The molecule has 0 aromatic heterocycles. The molecule has 378 valence electrons. The van der Waals surface area contributed by atoms with Crippen LogP contribution in [0, 0.1) is 0 Å². The van der Waals surface area contributed by atoms with Crippen molar-refractivity contribution in [3.8, 4) is 0 Å². The van der Waals surface area contributed by atoms with E-state index in [1.165, 1.54) is 154 Å². The minimum atomic E-state index is -1.13. The van der Waals surface area contributed by atoms with Crippen molar-refractivity contribution in [1.29, 1.82) is 0 Å². The summed E-state index contributed by atoms with van der Waals surface area (Å²) in [7, 11) is 5.42. The highest BCUT2D eigenvalue weighted by atomic mass is 16.6. The van der Waals surface area contributed by atoms with Crippen molar-refractivity contribution in [2.45, 2.75) is 257 Å². The van der Waals surface area contributed by atoms with Gasteiger partial charge in [0.2, 0.25) is 0 Å². The summed E-state index contributed by atoms with van der Waals surface area (Å²) in [5.41, 5.74) is 0. The van der Waals surface area contributed by atoms with E-state index in [-0.39, 0.29) is 42.7 Å². The molecule has 0 aromatic rings. The zero-order valence-corrected chi connectivity index (χ0v) is 43.2. The zero-order chi connectivity index (χ0) is 47.7. The van der Waals surface area contributed by atoms with Gasteiger partial charge in [-0.15, -0.1) is 0 Å². The Morgan fingerprint density at radius 3 is 1.20 bits per heavy atom. The molecule has 0 heterocycles. The number of hydrogen-bond acceptors (Lipinski definition) is 7. The molecule has 2 unspecified atom stereocenters. The summed E-state index contributed by atoms with van der Waals surface area (Å²) >= 11 is 0. The van der Waals surface area contributed by atoms with Gasteiger partial charge in [-0.25, -0.2) is 0 Å². The number of hydrogen-bond donors (Lipinski definition) is 0. The van der Waals surface area contributed by atoms with Gasteiger partial charge >= 0.3 is 11.9 Å². The average molecular weight is 914 g/mol. The van der Waals surface area contributed by atoms with Gasteiger partial charge in [0.1, 0.15) is 12.6 Å². The van der Waals surface area contributed by atoms with Crippen molar-refractivity contribution in [3.05, 3.63) is 48.6 Å². The van der Waals surface area contributed by atoms with Gasteiger partial charge in [0.05, 0.1) is 40.3 Å². The lowest BCUT2D eigenvalue weighted by molar-refractivity contribution is -0.889. The first-order valence-electron chi connectivity index (χ1n) is 27.2. The summed E-state index contributed by atoms with van der Waals surface area (Å²) in [5.74, 6) is -1.74. The van der Waals surface area contributed by atoms with E-state index in [1.54, 1.807) is 21.1 Å². The molecular formula is C57H103NO7. The number of carboxylic acid groups (broad SMARTS) is 1. The number of carbonyl (C=O) groups is 3. The summed E-state index contributed by atoms with van der Waals surface area (Å²) in [6.45, 7) is 4.65. The maximum Gasteiger partial charge on any atom is 0.306 e. The van der Waals surface area contributed by atoms with E-state index in [1.807, 2.05) is 0 Å². The summed E-state index contributed by atoms with van der Waals surface area (Å²) in [6, 6.07) is -0.729. The molecule has 8 heteroatoms. The summed E-state index contributed by atoms with van der Waals surface area (Å²) < 4.78 is 17.3. The monoisotopic (exact) mass is 914 g/mol. The minimum Gasteiger partial charge on any atom is -0.544 e. The van der Waals surface area contributed by atoms with Crippen molar-refractivity contribution in [2.24, 2.45) is 0 Å². The van der Waals surface area contributed by atoms with Gasteiger partial charge in [0, 0.05) is 19.3 Å². The molecule has 0 spiro atoms. The molecule has 65 heavy (non-hydrogen) atoms. The van der Waals surface area contributed by atoms with E-state index < -0.39 is 18.1 Å². The SMILES string of the molecule is CCCCCC/C=C\C/C=C\CCCCCCCCCC(=O)OCC(COCCC(C(=O)[O-])[N+](C)(C)C)OC(=O)CCCCCCCCCCCCC/C=C\C/C=C\CCCCCCC. The Kier molecular flexibility index (Phi) is 45.8. The highest BCUT2D eigenvalue weighted by Gasteiger charge is 2.25. The van der Waals surface area contributed by atoms with Crippen molar-refractivity contribution >= 4 is 17.9 Å². The molecule has 0 aliphatic carbocycles. The van der Waals surface area contributed by atoms with Crippen LogP contribution in [-0.2, 0) is 28.6 Å². The summed E-state index contributed by atoms with van der Waals surface area (Å²) in [6.07, 6.45) is 58.5. The van der Waals surface area contributed by atoms with Crippen LogP contribution < -0.4 is 5.11 Å². The number of carboxylic acids is 1. The van der Waals surface area contributed by atoms with Crippen LogP contribution in [0.3, 0.4) is 0 Å². The molecule has 8 nitrogen and oxygen atoms in total. The van der Waals surface area contributed by atoms with Gasteiger partial charge in [-0.2, -0.15) is 0 Å². The Bertz CT molecular complexity index is 1200. The number of ether oxygens (including phenoxy) is 3. The number of quaternary nitrogens is 1. The smallest absolute Gasteiger partial charge is 0.306 e. The maximum absolute atomic E-state index is 12.8. The minimum absolute atomic E-state index is 0.0379. The Morgan fingerprint density at radius 1 is 0.462 bits per heavy atom. The Labute approximate surface area is 401 Å². The van der Waals surface area contributed by atoms with Gasteiger partial charge in [0.25, 0.3) is 0 Å². The number of likely N-dealkylation sites (N-methyl/N-ethyl adjacent to an activating group) is 1. The van der Waals surface area contributed by atoms with Crippen LogP contribution in [0.15, 0.2) is 48.6 Å². The van der Waals surface area contributed by atoms with E-state index >= 15 is 0 Å². The normalized spacial score (nSPS) is 13.2. The van der Waals surface area contributed by atoms with Gasteiger partial charge in [-0.3, -0.25) is 9.59 Å². The Balaban J connectivity index is 4.21. The van der Waals surface area contributed by atoms with Crippen LogP contribution in [0.5, 0.6) is 0 Å². The molecule has 0 bridgehead atoms. The second-order valence-electron chi connectivity index (χ2n) is 19.5. The third kappa shape index (κ3) is 46.2. The molecule has 0 radical (unpaired) electrons. The fourth-order valence-electron chi connectivity index (χ4n) is 7.96. The highest BCUT2D eigenvalue weighted by molar-refractivity contribution is 5.70. The first-order valence-corrected chi connectivity index (χ1v) is 27.2. The number of rotatable bonds is 49. The summed E-state index contributed by atoms with van der Waals surface area (Å²) in [4.78, 5) is 37.1. The van der Waals surface area contributed by atoms with Crippen LogP contribution >= 0.6 is 0 Å². The topological polar surface area (TPSA) is 102 Å². The molecule has 2 atom stereocenters. The molecule has 0 saturated carbocycles. The molecule has 0 saturated heterocycles. The van der Waals surface area contributed by atoms with Crippen LogP contribution in [0.1, 0.15) is 245 Å². The second kappa shape index (κ2) is 47.8. The number of esters is 2. The van der Waals surface area contributed by atoms with E-state index in [0.717, 1.165) is 57.8 Å². The third-order valence-corrected chi connectivity index (χ3v) is 12.2. The number of aliphatic carboxylic acids is 1. The standard InChI is InChI=1S/C57H103NO7/c1-6-8-10-12-14-16-18-20-22-24-26-27-28-29-30-32-34-36-38-40-42-44-46-48-56(60)65-53(51-63-50-49-54(57(61)62)58(3,4)5)52-64-55(59)47-45-43-41-39-37-35-33-31-25-23-21-19-17-15-13-11-9-7-2/h17-20,23-26,53-54H,6-16,21-22,27-52H2,1-5H3/b19-17-,20-18-,25-23-,26-24-. The molecular weight excluding hydrogens is 811 g/mol. The largest absolute Gasteiger partial charge is 0.544 e. The molecule has 0 aliphatic heterocycles. The molecule has 0 amide bonds. The lowest BCUT2D eigenvalue weighted by Crippen LogP contribution is -2.55. The highest BCUT2D eigenvalue weighted by Crippen LogP contribution is 2.15. The van der Waals surface area contributed by atoms with E-state index in [2.05, 4.69) is 62.5 Å². The zero-order valence-electron chi connectivity index (χ0n) is 43.2. The quantitative estimate of drug-likeness (QED) is 0.0259. The summed E-state index contributed by atoms with van der Waals surface area (Å²) in [5, 5.41) is 11.7. The van der Waals surface area contributed by atoms with Crippen LogP contribution in [-0.4, -0.2) is 75.5 Å². The van der Waals surface area contributed by atoms with Gasteiger partial charge in [-0.1, -0.05) is 197 Å². The first-order chi connectivity index (χ1) is 31.6. The van der Waals surface area contributed by atoms with E-state index in [0.29, 0.717) is 12.8 Å². The second-order valence-corrected chi connectivity index (χ2v) is 19.5. The molecule has 0 fully saturated rings. The molecule has 0 N–H and O–H groups in total. The molecule has 0 aliphatic rings. The average Bonchev–Trinajstić information content (AvgIpc) is 3.27. The third-order valence-electron chi connectivity index (χ3n) is 12.2. The van der Waals surface area contributed by atoms with Gasteiger partial charge in [-0.05, 0) is 77.0 Å². The predicted octanol–water partition coefficient (Wildman–Crippen LogP) is 14.6. The number of allylic oxidation sites excluding steroid dienone is 8. The fraction of sp³-hybridized carbons (Fsp3) is 0.807. The molecule has 0 rings (SSSR count). The van der Waals surface area contributed by atoms with Crippen molar-refractivity contribution < 1.29 is 38.2 Å². The van der Waals surface area contributed by atoms with Crippen molar-refractivity contribution in [1.82, 2.24) is 0 Å². The predicted molar refractivity (Wildman–Crippen MR) is 273 cm³/mol. The fourth-order valence-corrected chi connectivity index (χ4v) is 7.96. The van der Waals surface area contributed by atoms with Crippen LogP contribution in [0.4, 0.5) is 0 Å². The van der Waals surface area contributed by atoms with Crippen LogP contribution in [0.2, 0.25) is 0 Å².